The van der Waals surface area contributed by atoms with Gasteiger partial charge in [0, 0.05) is 21.8 Å². The molecule has 0 aromatic heterocycles. The number of halogens is 1. The van der Waals surface area contributed by atoms with Crippen LogP contribution in [0, 0.1) is 9.49 Å². The number of nitrogens with one attached hydrogen (secondary N) is 1. The third-order valence-electron chi connectivity index (χ3n) is 2.61. The lowest BCUT2D eigenvalue weighted by Crippen LogP contribution is -2.38. The van der Waals surface area contributed by atoms with Gasteiger partial charge >= 0.3 is 0 Å². The van der Waals surface area contributed by atoms with Crippen LogP contribution in [0.25, 0.3) is 0 Å². The number of carbonyl (C=O) groups excluding carboxylic acids is 1. The van der Waals surface area contributed by atoms with Gasteiger partial charge in [-0.2, -0.15) is 0 Å². The van der Waals surface area contributed by atoms with E-state index in [2.05, 4.69) is 27.9 Å². The van der Waals surface area contributed by atoms with Crippen LogP contribution in [0.4, 0.5) is 0 Å². The average molecular weight is 333 g/mol. The zero-order valence-electron chi connectivity index (χ0n) is 9.40. The molecule has 1 amide bonds. The monoisotopic (exact) mass is 333 g/mol. The molecule has 0 spiro atoms. The smallest absolute Gasteiger partial charge is 0.251 e. The van der Waals surface area contributed by atoms with Gasteiger partial charge in [-0.05, 0) is 59.7 Å². The van der Waals surface area contributed by atoms with E-state index < -0.39 is 0 Å². The molecule has 0 aliphatic rings. The maximum Gasteiger partial charge on any atom is 0.251 e. The van der Waals surface area contributed by atoms with Crippen molar-refractivity contribution >= 4 is 28.5 Å². The minimum Gasteiger partial charge on any atom is -0.396 e. The standard InChI is InChI=1S/C12H16INO2/c1-8(7-15)9(2)14-12(16)10-3-5-11(13)6-4-10/h3-6,8-9,15H,7H2,1-2H3,(H,14,16). The minimum atomic E-state index is -0.0933. The Morgan fingerprint density at radius 1 is 1.38 bits per heavy atom. The van der Waals surface area contributed by atoms with Crippen LogP contribution in [0.5, 0.6) is 0 Å². The summed E-state index contributed by atoms with van der Waals surface area (Å²) in [5.41, 5.74) is 0.650. The summed E-state index contributed by atoms with van der Waals surface area (Å²) in [6.45, 7) is 3.87. The van der Waals surface area contributed by atoms with Crippen LogP contribution in [0.1, 0.15) is 24.2 Å². The molecular weight excluding hydrogens is 317 g/mol. The highest BCUT2D eigenvalue weighted by atomic mass is 127. The molecule has 2 N–H and O–H groups in total. The van der Waals surface area contributed by atoms with Crippen molar-refractivity contribution in [2.75, 3.05) is 6.61 Å². The summed E-state index contributed by atoms with van der Waals surface area (Å²) in [5, 5.41) is 11.8. The van der Waals surface area contributed by atoms with Crippen molar-refractivity contribution in [1.29, 1.82) is 0 Å². The molecule has 1 aromatic carbocycles. The van der Waals surface area contributed by atoms with E-state index in [1.54, 1.807) is 12.1 Å². The molecule has 0 fully saturated rings. The van der Waals surface area contributed by atoms with Crippen LogP contribution in [-0.4, -0.2) is 23.7 Å². The normalized spacial score (nSPS) is 14.2. The van der Waals surface area contributed by atoms with Crippen LogP contribution >= 0.6 is 22.6 Å². The van der Waals surface area contributed by atoms with Crippen LogP contribution in [0.3, 0.4) is 0 Å². The summed E-state index contributed by atoms with van der Waals surface area (Å²) in [6.07, 6.45) is 0. The van der Waals surface area contributed by atoms with Crippen molar-refractivity contribution in [3.8, 4) is 0 Å². The molecule has 0 aliphatic carbocycles. The maximum absolute atomic E-state index is 11.8. The van der Waals surface area contributed by atoms with Gasteiger partial charge in [0.25, 0.3) is 5.91 Å². The van der Waals surface area contributed by atoms with Gasteiger partial charge in [0.05, 0.1) is 0 Å². The van der Waals surface area contributed by atoms with E-state index in [1.165, 1.54) is 0 Å². The first-order chi connectivity index (χ1) is 7.54. The van der Waals surface area contributed by atoms with Gasteiger partial charge in [-0.1, -0.05) is 6.92 Å². The number of aliphatic hydroxyl groups is 1. The molecule has 4 heteroatoms. The summed E-state index contributed by atoms with van der Waals surface area (Å²) in [5.74, 6) is -0.0306. The molecule has 2 atom stereocenters. The van der Waals surface area contributed by atoms with Gasteiger partial charge < -0.3 is 10.4 Å². The molecule has 0 aliphatic heterocycles. The first kappa shape index (κ1) is 13.4. The number of amides is 1. The quantitative estimate of drug-likeness (QED) is 0.829. The third kappa shape index (κ3) is 3.75. The Hall–Kier alpha value is -0.620. The van der Waals surface area contributed by atoms with Gasteiger partial charge in [0.15, 0.2) is 0 Å². The summed E-state index contributed by atoms with van der Waals surface area (Å²) in [7, 11) is 0. The minimum absolute atomic E-state index is 0.0308. The molecule has 0 radical (unpaired) electrons. The van der Waals surface area contributed by atoms with Crippen molar-refractivity contribution in [3.05, 3.63) is 33.4 Å². The Kier molecular flexibility index (Phi) is 5.21. The topological polar surface area (TPSA) is 49.3 Å². The fourth-order valence-corrected chi connectivity index (χ4v) is 1.55. The van der Waals surface area contributed by atoms with E-state index >= 15 is 0 Å². The van der Waals surface area contributed by atoms with E-state index in [4.69, 9.17) is 5.11 Å². The molecule has 0 heterocycles. The van der Waals surface area contributed by atoms with Gasteiger partial charge in [0.1, 0.15) is 0 Å². The summed E-state index contributed by atoms with van der Waals surface area (Å²) < 4.78 is 1.10. The van der Waals surface area contributed by atoms with Crippen LogP contribution < -0.4 is 5.32 Å². The molecule has 1 aromatic rings. The second kappa shape index (κ2) is 6.20. The Morgan fingerprint density at radius 3 is 2.44 bits per heavy atom. The maximum atomic E-state index is 11.8. The molecular formula is C12H16INO2. The van der Waals surface area contributed by atoms with Crippen LogP contribution in [0.2, 0.25) is 0 Å². The SMILES string of the molecule is CC(CO)C(C)NC(=O)c1ccc(I)cc1. The Labute approximate surface area is 109 Å². The van der Waals surface area contributed by atoms with Crippen LogP contribution in [0.15, 0.2) is 24.3 Å². The molecule has 16 heavy (non-hydrogen) atoms. The number of carbonyl (C=O) groups is 1. The zero-order valence-corrected chi connectivity index (χ0v) is 11.6. The molecule has 0 saturated carbocycles. The summed E-state index contributed by atoms with van der Waals surface area (Å²) in [4.78, 5) is 11.8. The van der Waals surface area contributed by atoms with Crippen molar-refractivity contribution in [3.63, 3.8) is 0 Å². The van der Waals surface area contributed by atoms with Crippen LogP contribution in [-0.2, 0) is 0 Å². The third-order valence-corrected chi connectivity index (χ3v) is 3.33. The lowest BCUT2D eigenvalue weighted by Gasteiger charge is -2.19. The lowest BCUT2D eigenvalue weighted by atomic mass is 10.0. The second-order valence-electron chi connectivity index (χ2n) is 3.93. The number of hydrogen-bond donors (Lipinski definition) is 2. The van der Waals surface area contributed by atoms with Crippen molar-refractivity contribution in [2.45, 2.75) is 19.9 Å². The highest BCUT2D eigenvalue weighted by Gasteiger charge is 2.14. The van der Waals surface area contributed by atoms with E-state index in [9.17, 15) is 4.79 Å². The van der Waals surface area contributed by atoms with Gasteiger partial charge in [-0.25, -0.2) is 0 Å². The number of rotatable bonds is 4. The Balaban J connectivity index is 2.62. The number of aliphatic hydroxyl groups excluding tert-OH is 1. The predicted octanol–water partition coefficient (Wildman–Crippen LogP) is 2.04. The molecule has 0 saturated heterocycles. The Morgan fingerprint density at radius 2 is 1.94 bits per heavy atom. The average Bonchev–Trinajstić information content (AvgIpc) is 2.28. The largest absolute Gasteiger partial charge is 0.396 e. The lowest BCUT2D eigenvalue weighted by molar-refractivity contribution is 0.0916. The van der Waals surface area contributed by atoms with Crippen molar-refractivity contribution in [2.24, 2.45) is 5.92 Å². The highest BCUT2D eigenvalue weighted by molar-refractivity contribution is 14.1. The summed E-state index contributed by atoms with van der Waals surface area (Å²) >= 11 is 2.20. The molecule has 88 valence electrons. The number of benzene rings is 1. The summed E-state index contributed by atoms with van der Waals surface area (Å²) in [6, 6.07) is 7.36. The highest BCUT2D eigenvalue weighted by Crippen LogP contribution is 2.08. The number of hydrogen-bond acceptors (Lipinski definition) is 2. The second-order valence-corrected chi connectivity index (χ2v) is 5.17. The first-order valence-electron chi connectivity index (χ1n) is 5.22. The fourth-order valence-electron chi connectivity index (χ4n) is 1.19. The Bertz CT molecular complexity index is 351. The molecule has 2 unspecified atom stereocenters. The zero-order chi connectivity index (χ0) is 12.1. The van der Waals surface area contributed by atoms with Gasteiger partial charge in [-0.15, -0.1) is 0 Å². The predicted molar refractivity (Wildman–Crippen MR) is 72.3 cm³/mol. The van der Waals surface area contributed by atoms with E-state index in [0.717, 1.165) is 3.57 Å². The first-order valence-corrected chi connectivity index (χ1v) is 6.29. The van der Waals surface area contributed by atoms with Crippen molar-refractivity contribution in [1.82, 2.24) is 5.32 Å². The molecule has 3 nitrogen and oxygen atoms in total. The van der Waals surface area contributed by atoms with E-state index in [0.29, 0.717) is 5.56 Å². The van der Waals surface area contributed by atoms with E-state index in [-0.39, 0.29) is 24.5 Å². The van der Waals surface area contributed by atoms with Crippen molar-refractivity contribution < 1.29 is 9.90 Å². The molecule has 1 rings (SSSR count). The fraction of sp³-hybridized carbons (Fsp3) is 0.417. The van der Waals surface area contributed by atoms with E-state index in [1.807, 2.05) is 26.0 Å². The van der Waals surface area contributed by atoms with Gasteiger partial charge in [0.2, 0.25) is 0 Å². The van der Waals surface area contributed by atoms with Gasteiger partial charge in [-0.3, -0.25) is 4.79 Å². The molecule has 0 bridgehead atoms.